The van der Waals surface area contributed by atoms with Gasteiger partial charge >= 0.3 is 11.9 Å². The smallest absolute Gasteiger partial charge is 0.322 e. The van der Waals surface area contributed by atoms with Gasteiger partial charge in [-0.15, -0.1) is 0 Å². The molecule has 0 aromatic rings. The van der Waals surface area contributed by atoms with Gasteiger partial charge in [-0.3, -0.25) is 9.59 Å². The van der Waals surface area contributed by atoms with Gasteiger partial charge in [0.15, 0.2) is 5.41 Å². The van der Waals surface area contributed by atoms with E-state index in [0.29, 0.717) is 0 Å². The summed E-state index contributed by atoms with van der Waals surface area (Å²) in [6.07, 6.45) is 1.74. The van der Waals surface area contributed by atoms with Crippen LogP contribution in [0.25, 0.3) is 0 Å². The highest BCUT2D eigenvalue weighted by Gasteiger charge is 2.81. The molecule has 1 unspecified atom stereocenters. The molecular formula is C8H12O4S. The van der Waals surface area contributed by atoms with Crippen molar-refractivity contribution in [1.29, 1.82) is 0 Å². The minimum Gasteiger partial charge on any atom is -0.480 e. The van der Waals surface area contributed by atoms with Crippen LogP contribution in [0.2, 0.25) is 0 Å². The Morgan fingerprint density at radius 2 is 1.62 bits per heavy atom. The molecule has 5 heteroatoms. The monoisotopic (exact) mass is 204 g/mol. The Labute approximate surface area is 80.3 Å². The molecule has 0 amide bonds. The maximum atomic E-state index is 10.9. The lowest BCUT2D eigenvalue weighted by Crippen LogP contribution is -2.31. The first-order valence-electron chi connectivity index (χ1n) is 3.83. The summed E-state index contributed by atoms with van der Waals surface area (Å²) in [7, 11) is 0. The summed E-state index contributed by atoms with van der Waals surface area (Å²) < 4.78 is 0. The first-order valence-corrected chi connectivity index (χ1v) is 5.11. The molecule has 0 spiro atoms. The van der Waals surface area contributed by atoms with Gasteiger partial charge < -0.3 is 10.2 Å². The van der Waals surface area contributed by atoms with Crippen LogP contribution in [-0.2, 0) is 9.59 Å². The molecule has 1 aliphatic carbocycles. The average molecular weight is 204 g/mol. The predicted molar refractivity (Wildman–Crippen MR) is 48.8 cm³/mol. The second kappa shape index (κ2) is 2.64. The highest BCUT2D eigenvalue weighted by molar-refractivity contribution is 7.99. The van der Waals surface area contributed by atoms with E-state index in [1.807, 2.05) is 0 Å². The van der Waals surface area contributed by atoms with E-state index in [1.54, 1.807) is 20.1 Å². The lowest BCUT2D eigenvalue weighted by Gasteiger charge is -2.08. The predicted octanol–water partition coefficient (Wildman–Crippen LogP) is 0.913. The molecule has 1 atom stereocenters. The Morgan fingerprint density at radius 3 is 1.69 bits per heavy atom. The number of thioether (sulfide) groups is 1. The first kappa shape index (κ1) is 10.4. The van der Waals surface area contributed by atoms with Crippen LogP contribution in [0, 0.1) is 10.8 Å². The molecule has 74 valence electrons. The third kappa shape index (κ3) is 0.935. The number of rotatable bonds is 3. The SMILES string of the molecule is CSC1C(C)(C)C1(C(=O)O)C(=O)O. The zero-order valence-electron chi connectivity index (χ0n) is 7.70. The molecular weight excluding hydrogens is 192 g/mol. The van der Waals surface area contributed by atoms with Gasteiger partial charge in [-0.05, 0) is 6.26 Å². The third-order valence-electron chi connectivity index (χ3n) is 2.89. The van der Waals surface area contributed by atoms with Crippen LogP contribution in [0.5, 0.6) is 0 Å². The second-order valence-electron chi connectivity index (χ2n) is 3.76. The number of hydrogen-bond donors (Lipinski definition) is 2. The maximum Gasteiger partial charge on any atom is 0.322 e. The molecule has 1 rings (SSSR count). The zero-order valence-corrected chi connectivity index (χ0v) is 8.51. The molecule has 1 aliphatic rings. The van der Waals surface area contributed by atoms with E-state index in [2.05, 4.69) is 0 Å². The van der Waals surface area contributed by atoms with Crippen molar-refractivity contribution in [3.8, 4) is 0 Å². The number of aliphatic carboxylic acids is 2. The summed E-state index contributed by atoms with van der Waals surface area (Å²) in [6.45, 7) is 3.35. The Balaban J connectivity index is 3.12. The Hall–Kier alpha value is -0.710. The average Bonchev–Trinajstić information content (AvgIpc) is 2.47. The fourth-order valence-electron chi connectivity index (χ4n) is 2.05. The van der Waals surface area contributed by atoms with E-state index in [9.17, 15) is 9.59 Å². The Bertz CT molecular complexity index is 257. The van der Waals surface area contributed by atoms with Crippen LogP contribution in [0.4, 0.5) is 0 Å². The Morgan fingerprint density at radius 1 is 1.23 bits per heavy atom. The zero-order chi connectivity index (χ0) is 10.4. The van der Waals surface area contributed by atoms with Gasteiger partial charge in [0.05, 0.1) is 0 Å². The molecule has 2 N–H and O–H groups in total. The molecule has 1 fully saturated rings. The molecule has 0 bridgehead atoms. The highest BCUT2D eigenvalue weighted by Crippen LogP contribution is 2.68. The molecule has 4 nitrogen and oxygen atoms in total. The summed E-state index contributed by atoms with van der Waals surface area (Å²) in [6, 6.07) is 0. The summed E-state index contributed by atoms with van der Waals surface area (Å²) in [5, 5.41) is 17.5. The first-order chi connectivity index (χ1) is 5.83. The van der Waals surface area contributed by atoms with Crippen molar-refractivity contribution in [2.24, 2.45) is 10.8 Å². The van der Waals surface area contributed by atoms with Gasteiger partial charge in [0, 0.05) is 10.7 Å². The molecule has 0 radical (unpaired) electrons. The standard InChI is InChI=1S/C8H12O4S/c1-7(2)4(13-3)8(7,5(9)10)6(11)12/h4H,1-3H3,(H,9,10)(H,11,12). The fourth-order valence-corrected chi connectivity index (χ4v) is 3.62. The number of carboxylic acid groups (broad SMARTS) is 2. The molecule has 0 aromatic heterocycles. The van der Waals surface area contributed by atoms with Crippen LogP contribution in [0.1, 0.15) is 13.8 Å². The summed E-state index contributed by atoms with van der Waals surface area (Å²) in [4.78, 5) is 21.8. The number of hydrogen-bond acceptors (Lipinski definition) is 3. The van der Waals surface area contributed by atoms with Gasteiger partial charge in [0.1, 0.15) is 0 Å². The fraction of sp³-hybridized carbons (Fsp3) is 0.750. The minimum atomic E-state index is -1.59. The van der Waals surface area contributed by atoms with Gasteiger partial charge in [-0.1, -0.05) is 13.8 Å². The molecule has 0 heterocycles. The van der Waals surface area contributed by atoms with Crippen molar-refractivity contribution < 1.29 is 19.8 Å². The molecule has 1 saturated carbocycles. The van der Waals surface area contributed by atoms with E-state index < -0.39 is 22.8 Å². The maximum absolute atomic E-state index is 10.9. The largest absolute Gasteiger partial charge is 0.480 e. The molecule has 0 saturated heterocycles. The lowest BCUT2D eigenvalue weighted by atomic mass is 9.96. The van der Waals surface area contributed by atoms with Gasteiger partial charge in [0.25, 0.3) is 0 Å². The lowest BCUT2D eigenvalue weighted by molar-refractivity contribution is -0.158. The topological polar surface area (TPSA) is 74.6 Å². The van der Waals surface area contributed by atoms with Crippen LogP contribution in [0.3, 0.4) is 0 Å². The third-order valence-corrected chi connectivity index (χ3v) is 4.31. The van der Waals surface area contributed by atoms with Crippen molar-refractivity contribution in [2.45, 2.75) is 19.1 Å². The van der Waals surface area contributed by atoms with E-state index in [1.165, 1.54) is 11.8 Å². The van der Waals surface area contributed by atoms with Crippen LogP contribution >= 0.6 is 11.8 Å². The normalized spacial score (nSPS) is 28.1. The minimum absolute atomic E-state index is 0.338. The summed E-state index contributed by atoms with van der Waals surface area (Å²) in [5.74, 6) is -2.46. The summed E-state index contributed by atoms with van der Waals surface area (Å²) in [5.41, 5.74) is -2.25. The van der Waals surface area contributed by atoms with E-state index >= 15 is 0 Å². The van der Waals surface area contributed by atoms with Crippen molar-refractivity contribution >= 4 is 23.7 Å². The van der Waals surface area contributed by atoms with Gasteiger partial charge in [-0.2, -0.15) is 11.8 Å². The molecule has 13 heavy (non-hydrogen) atoms. The molecule has 0 aliphatic heterocycles. The van der Waals surface area contributed by atoms with Crippen molar-refractivity contribution in [3.05, 3.63) is 0 Å². The van der Waals surface area contributed by atoms with Crippen LogP contribution < -0.4 is 0 Å². The van der Waals surface area contributed by atoms with Crippen LogP contribution in [0.15, 0.2) is 0 Å². The highest BCUT2D eigenvalue weighted by atomic mass is 32.2. The van der Waals surface area contributed by atoms with E-state index in [4.69, 9.17) is 10.2 Å². The van der Waals surface area contributed by atoms with Crippen molar-refractivity contribution in [3.63, 3.8) is 0 Å². The van der Waals surface area contributed by atoms with Crippen molar-refractivity contribution in [1.82, 2.24) is 0 Å². The van der Waals surface area contributed by atoms with Gasteiger partial charge in [-0.25, -0.2) is 0 Å². The van der Waals surface area contributed by atoms with Crippen molar-refractivity contribution in [2.75, 3.05) is 6.26 Å². The van der Waals surface area contributed by atoms with E-state index in [0.717, 1.165) is 0 Å². The number of carboxylic acids is 2. The summed E-state index contributed by atoms with van der Waals surface area (Å²) >= 11 is 1.30. The molecule has 0 aromatic carbocycles. The quantitative estimate of drug-likeness (QED) is 0.668. The number of carbonyl (C=O) groups is 2. The van der Waals surface area contributed by atoms with Crippen LogP contribution in [-0.4, -0.2) is 33.7 Å². The Kier molecular flexibility index (Phi) is 2.10. The van der Waals surface area contributed by atoms with E-state index in [-0.39, 0.29) is 5.25 Å². The van der Waals surface area contributed by atoms with Gasteiger partial charge in [0.2, 0.25) is 0 Å². The second-order valence-corrected chi connectivity index (χ2v) is 4.70.